The van der Waals surface area contributed by atoms with Crippen LogP contribution in [0.2, 0.25) is 0 Å². The van der Waals surface area contributed by atoms with E-state index in [1.807, 2.05) is 0 Å². The van der Waals surface area contributed by atoms with E-state index in [0.29, 0.717) is 29.7 Å². The van der Waals surface area contributed by atoms with Gasteiger partial charge in [0.2, 0.25) is 5.91 Å². The molecule has 8 rings (SSSR count). The van der Waals surface area contributed by atoms with Gasteiger partial charge in [-0.1, -0.05) is 54.6 Å². The van der Waals surface area contributed by atoms with Gasteiger partial charge >= 0.3 is 0 Å². The first kappa shape index (κ1) is 13.8. The van der Waals surface area contributed by atoms with Gasteiger partial charge in [0.15, 0.2) is 0 Å². The first-order valence-corrected chi connectivity index (χ1v) is 10.4. The monoisotopic (exact) mass is 351 g/mol. The molecule has 2 aromatic rings. The normalized spacial score (nSPS) is 45.9. The maximum absolute atomic E-state index is 13.8. The highest BCUT2D eigenvalue weighted by Crippen LogP contribution is 2.82. The van der Waals surface area contributed by atoms with Gasteiger partial charge in [0.1, 0.15) is 0 Å². The summed E-state index contributed by atoms with van der Waals surface area (Å²) < 4.78 is 0. The lowest BCUT2D eigenvalue weighted by atomic mass is 9.39. The number of carbonyl (C=O) groups is 1. The van der Waals surface area contributed by atoms with Gasteiger partial charge < -0.3 is 4.90 Å². The molecule has 7 atom stereocenters. The third-order valence-corrected chi connectivity index (χ3v) is 9.23. The van der Waals surface area contributed by atoms with Crippen molar-refractivity contribution >= 4 is 11.6 Å². The van der Waals surface area contributed by atoms with Crippen molar-refractivity contribution in [3.63, 3.8) is 0 Å². The van der Waals surface area contributed by atoms with Crippen LogP contribution < -0.4 is 4.90 Å². The Morgan fingerprint density at radius 2 is 1.78 bits per heavy atom. The van der Waals surface area contributed by atoms with Crippen molar-refractivity contribution in [1.29, 1.82) is 0 Å². The van der Waals surface area contributed by atoms with Gasteiger partial charge in [-0.3, -0.25) is 4.79 Å². The number of anilines is 1. The molecule has 2 aliphatic heterocycles. The molecule has 1 amide bonds. The Bertz CT molecular complexity index is 1100. The Morgan fingerprint density at radius 1 is 0.963 bits per heavy atom. The molecule has 4 aliphatic carbocycles. The molecule has 0 N–H and O–H groups in total. The standard InChI is InChI=1S/C25H21NO/c27-22-20-14-9-10-16(11-14)25(20)13-24-12-15-5-1-2-6-17(15)21(24)18-7-3-4-8-19(18)26(22)23(24)25/h1-10,14,16,20-21,23H,11-13H2. The van der Waals surface area contributed by atoms with Crippen LogP contribution in [0, 0.1) is 28.6 Å². The highest BCUT2D eigenvalue weighted by atomic mass is 16.2. The molecule has 2 nitrogen and oxygen atoms in total. The Morgan fingerprint density at radius 3 is 2.70 bits per heavy atom. The number of benzene rings is 2. The van der Waals surface area contributed by atoms with E-state index in [-0.39, 0.29) is 16.7 Å². The summed E-state index contributed by atoms with van der Waals surface area (Å²) in [6.07, 6.45) is 8.41. The fourth-order valence-corrected chi connectivity index (χ4v) is 8.82. The van der Waals surface area contributed by atoms with Crippen LogP contribution in [-0.2, 0) is 11.2 Å². The number of hydrogen-bond acceptors (Lipinski definition) is 1. The van der Waals surface area contributed by atoms with E-state index in [1.54, 1.807) is 0 Å². The van der Waals surface area contributed by atoms with Crippen molar-refractivity contribution in [3.05, 3.63) is 77.4 Å². The van der Waals surface area contributed by atoms with E-state index < -0.39 is 0 Å². The first-order valence-electron chi connectivity index (χ1n) is 10.4. The second-order valence-electron chi connectivity index (χ2n) is 9.87. The summed E-state index contributed by atoms with van der Waals surface area (Å²) in [5, 5.41) is 0. The van der Waals surface area contributed by atoms with E-state index in [9.17, 15) is 4.79 Å². The minimum Gasteiger partial charge on any atom is -0.308 e. The first-order chi connectivity index (χ1) is 13.3. The van der Waals surface area contributed by atoms with Crippen molar-refractivity contribution < 1.29 is 4.79 Å². The third-order valence-electron chi connectivity index (χ3n) is 9.23. The van der Waals surface area contributed by atoms with E-state index >= 15 is 0 Å². The quantitative estimate of drug-likeness (QED) is 0.648. The Balaban J connectivity index is 1.45. The molecule has 27 heavy (non-hydrogen) atoms. The third kappa shape index (κ3) is 1.16. The second-order valence-corrected chi connectivity index (χ2v) is 9.87. The molecule has 2 aromatic carbocycles. The lowest BCUT2D eigenvalue weighted by molar-refractivity contribution is -0.125. The molecule has 2 spiro atoms. The summed E-state index contributed by atoms with van der Waals surface area (Å²) in [6.45, 7) is 0. The summed E-state index contributed by atoms with van der Waals surface area (Å²) in [7, 11) is 0. The molecule has 2 heteroatoms. The molecule has 2 saturated carbocycles. The second kappa shape index (κ2) is 3.92. The Kier molecular flexibility index (Phi) is 2.00. The van der Waals surface area contributed by atoms with Crippen LogP contribution >= 0.6 is 0 Å². The summed E-state index contributed by atoms with van der Waals surface area (Å²) in [5.74, 6) is 2.23. The topological polar surface area (TPSA) is 20.3 Å². The van der Waals surface area contributed by atoms with Crippen molar-refractivity contribution in [2.45, 2.75) is 31.2 Å². The minimum absolute atomic E-state index is 0.213. The smallest absolute Gasteiger partial charge is 0.231 e. The highest BCUT2D eigenvalue weighted by Gasteiger charge is 2.83. The van der Waals surface area contributed by atoms with Crippen molar-refractivity contribution in [1.82, 2.24) is 0 Å². The number of allylic oxidation sites excluding steroid dienone is 2. The molecule has 132 valence electrons. The molecule has 2 bridgehead atoms. The van der Waals surface area contributed by atoms with E-state index in [4.69, 9.17) is 0 Å². The highest BCUT2D eigenvalue weighted by molar-refractivity contribution is 6.03. The molecular formula is C25H21NO. The van der Waals surface area contributed by atoms with Gasteiger partial charge in [0, 0.05) is 22.4 Å². The van der Waals surface area contributed by atoms with Crippen molar-refractivity contribution in [3.8, 4) is 0 Å². The Hall–Kier alpha value is -2.35. The van der Waals surface area contributed by atoms with Crippen LogP contribution in [0.4, 0.5) is 5.69 Å². The average Bonchev–Trinajstić information content (AvgIpc) is 3.40. The molecule has 0 aromatic heterocycles. The van der Waals surface area contributed by atoms with Crippen LogP contribution in [0.5, 0.6) is 0 Å². The molecule has 2 heterocycles. The van der Waals surface area contributed by atoms with Gasteiger partial charge in [-0.2, -0.15) is 0 Å². The van der Waals surface area contributed by atoms with Crippen LogP contribution in [0.25, 0.3) is 0 Å². The van der Waals surface area contributed by atoms with Gasteiger partial charge in [-0.25, -0.2) is 0 Å². The molecular weight excluding hydrogens is 330 g/mol. The fourth-order valence-electron chi connectivity index (χ4n) is 8.82. The summed E-state index contributed by atoms with van der Waals surface area (Å²) >= 11 is 0. The zero-order valence-corrected chi connectivity index (χ0v) is 15.1. The molecule has 3 fully saturated rings. The zero-order chi connectivity index (χ0) is 17.5. The fraction of sp³-hybridized carbons (Fsp3) is 0.400. The van der Waals surface area contributed by atoms with Crippen LogP contribution in [-0.4, -0.2) is 11.9 Å². The lowest BCUT2D eigenvalue weighted by Crippen LogP contribution is -2.69. The number of para-hydroxylation sites is 1. The average molecular weight is 351 g/mol. The lowest BCUT2D eigenvalue weighted by Gasteiger charge is -2.67. The molecule has 0 radical (unpaired) electrons. The van der Waals surface area contributed by atoms with Crippen LogP contribution in [0.3, 0.4) is 0 Å². The largest absolute Gasteiger partial charge is 0.308 e. The number of fused-ring (bicyclic) bond motifs is 8. The number of hydrogen-bond donors (Lipinski definition) is 0. The predicted octanol–water partition coefficient (Wildman–Crippen LogP) is 4.30. The SMILES string of the molecule is O=C1C2C3C=CC(C3)C23CC24Cc5ccccc5C2c2ccccc2N1C43. The van der Waals surface area contributed by atoms with Crippen LogP contribution in [0.1, 0.15) is 35.4 Å². The maximum Gasteiger partial charge on any atom is 0.231 e. The van der Waals surface area contributed by atoms with E-state index in [0.717, 1.165) is 6.42 Å². The number of amides is 1. The summed E-state index contributed by atoms with van der Waals surface area (Å²) in [4.78, 5) is 16.0. The van der Waals surface area contributed by atoms with Crippen molar-refractivity contribution in [2.24, 2.45) is 28.6 Å². The number of rotatable bonds is 0. The van der Waals surface area contributed by atoms with Gasteiger partial charge in [0.25, 0.3) is 0 Å². The van der Waals surface area contributed by atoms with Crippen LogP contribution in [0.15, 0.2) is 60.7 Å². The van der Waals surface area contributed by atoms with Crippen molar-refractivity contribution in [2.75, 3.05) is 4.90 Å². The van der Waals surface area contributed by atoms with E-state index in [2.05, 4.69) is 65.6 Å². The number of nitrogens with zero attached hydrogens (tertiary/aromatic N) is 1. The molecule has 7 unspecified atom stereocenters. The van der Waals surface area contributed by atoms with Gasteiger partial charge in [0.05, 0.1) is 12.0 Å². The van der Waals surface area contributed by atoms with Gasteiger partial charge in [-0.05, 0) is 53.9 Å². The van der Waals surface area contributed by atoms with Gasteiger partial charge in [-0.15, -0.1) is 0 Å². The van der Waals surface area contributed by atoms with E-state index in [1.165, 1.54) is 35.2 Å². The summed E-state index contributed by atoms with van der Waals surface area (Å²) in [5.41, 5.74) is 6.07. The molecule has 1 saturated heterocycles. The molecule has 6 aliphatic rings. The Labute approximate surface area is 158 Å². The zero-order valence-electron chi connectivity index (χ0n) is 15.1. The predicted molar refractivity (Wildman–Crippen MR) is 103 cm³/mol. The minimum atomic E-state index is 0.213. The number of carbonyl (C=O) groups excluding carboxylic acids is 1. The summed E-state index contributed by atoms with van der Waals surface area (Å²) in [6, 6.07) is 18.2. The maximum atomic E-state index is 13.8.